The fraction of sp³-hybridized carbons (Fsp3) is 0.571. The van der Waals surface area contributed by atoms with Gasteiger partial charge in [-0.2, -0.15) is 0 Å². The van der Waals surface area contributed by atoms with Gasteiger partial charge in [0, 0.05) is 24.0 Å². The number of benzene rings is 1. The highest BCUT2D eigenvalue weighted by atomic mass is 32.2. The second kappa shape index (κ2) is 5.35. The summed E-state index contributed by atoms with van der Waals surface area (Å²) in [5, 5.41) is 3.33. The van der Waals surface area contributed by atoms with E-state index in [1.807, 2.05) is 6.07 Å². The van der Waals surface area contributed by atoms with Crippen LogP contribution in [0.4, 0.5) is 5.69 Å². The lowest BCUT2D eigenvalue weighted by Gasteiger charge is -2.51. The fourth-order valence-corrected chi connectivity index (χ4v) is 3.69. The summed E-state index contributed by atoms with van der Waals surface area (Å²) in [5.74, 6) is 0. The molecule has 0 heterocycles. The Morgan fingerprint density at radius 1 is 1.35 bits per heavy atom. The Bertz CT molecular complexity index is 584. The molecule has 2 rings (SSSR count). The predicted molar refractivity (Wildman–Crippen MR) is 81.1 cm³/mol. The molecule has 0 aromatic heterocycles. The van der Waals surface area contributed by atoms with Crippen LogP contribution in [0.2, 0.25) is 0 Å². The standard InChI is InChI=1S/C14H23N3O2S/c1-4-16-20(18,19)11-8-6-5-7-10(11)17-13-9-12(15)14(13,2)3/h5-8,12-13,16-17H,4,9,15H2,1-3H3. The number of hydrogen-bond donors (Lipinski definition) is 3. The molecule has 2 atom stereocenters. The normalized spacial score (nSPS) is 25.0. The second-order valence-electron chi connectivity index (χ2n) is 5.86. The molecule has 1 fully saturated rings. The lowest BCUT2D eigenvalue weighted by atomic mass is 9.63. The molecule has 1 saturated carbocycles. The van der Waals surface area contributed by atoms with Gasteiger partial charge in [-0.05, 0) is 18.6 Å². The van der Waals surface area contributed by atoms with E-state index in [0.29, 0.717) is 12.2 Å². The van der Waals surface area contributed by atoms with E-state index in [-0.39, 0.29) is 22.4 Å². The van der Waals surface area contributed by atoms with Crippen LogP contribution in [0.15, 0.2) is 29.2 Å². The first-order chi connectivity index (χ1) is 9.29. The molecule has 0 spiro atoms. The number of sulfonamides is 1. The zero-order valence-electron chi connectivity index (χ0n) is 12.2. The van der Waals surface area contributed by atoms with E-state index < -0.39 is 10.0 Å². The van der Waals surface area contributed by atoms with Crippen molar-refractivity contribution in [1.82, 2.24) is 4.72 Å². The highest BCUT2D eigenvalue weighted by Gasteiger charge is 2.46. The maximum absolute atomic E-state index is 12.2. The van der Waals surface area contributed by atoms with Crippen molar-refractivity contribution in [3.63, 3.8) is 0 Å². The average Bonchev–Trinajstić information content (AvgIpc) is 2.39. The van der Waals surface area contributed by atoms with Crippen LogP contribution < -0.4 is 15.8 Å². The van der Waals surface area contributed by atoms with Crippen LogP contribution in [-0.4, -0.2) is 27.0 Å². The first-order valence-electron chi connectivity index (χ1n) is 6.90. The van der Waals surface area contributed by atoms with Crippen LogP contribution >= 0.6 is 0 Å². The molecular formula is C14H23N3O2S. The Morgan fingerprint density at radius 3 is 2.55 bits per heavy atom. The van der Waals surface area contributed by atoms with Gasteiger partial charge in [-0.3, -0.25) is 0 Å². The third-order valence-corrected chi connectivity index (χ3v) is 5.79. The van der Waals surface area contributed by atoms with E-state index in [0.717, 1.165) is 6.42 Å². The van der Waals surface area contributed by atoms with Crippen LogP contribution in [0.5, 0.6) is 0 Å². The van der Waals surface area contributed by atoms with E-state index in [9.17, 15) is 8.42 Å². The summed E-state index contributed by atoms with van der Waals surface area (Å²) >= 11 is 0. The first-order valence-corrected chi connectivity index (χ1v) is 8.38. The molecule has 0 amide bonds. The van der Waals surface area contributed by atoms with Gasteiger partial charge < -0.3 is 11.1 Å². The van der Waals surface area contributed by atoms with Crippen molar-refractivity contribution in [3.05, 3.63) is 24.3 Å². The van der Waals surface area contributed by atoms with E-state index in [2.05, 4.69) is 23.9 Å². The largest absolute Gasteiger partial charge is 0.381 e. The summed E-state index contributed by atoms with van der Waals surface area (Å²) in [5.41, 5.74) is 6.61. The Balaban J connectivity index is 2.26. The smallest absolute Gasteiger partial charge is 0.242 e. The number of nitrogens with two attached hydrogens (primary N) is 1. The summed E-state index contributed by atoms with van der Waals surface area (Å²) in [7, 11) is -3.47. The van der Waals surface area contributed by atoms with Crippen LogP contribution in [0.3, 0.4) is 0 Å². The van der Waals surface area contributed by atoms with E-state index in [4.69, 9.17) is 5.73 Å². The molecule has 1 aromatic carbocycles. The number of nitrogens with one attached hydrogen (secondary N) is 2. The van der Waals surface area contributed by atoms with Crippen molar-refractivity contribution in [2.24, 2.45) is 11.1 Å². The maximum atomic E-state index is 12.2. The molecular weight excluding hydrogens is 274 g/mol. The summed E-state index contributed by atoms with van der Waals surface area (Å²) in [4.78, 5) is 0.290. The number of para-hydroxylation sites is 1. The van der Waals surface area contributed by atoms with Crippen molar-refractivity contribution in [2.45, 2.75) is 44.2 Å². The van der Waals surface area contributed by atoms with Crippen molar-refractivity contribution in [1.29, 1.82) is 0 Å². The first kappa shape index (κ1) is 15.3. The lowest BCUT2D eigenvalue weighted by molar-refractivity contribution is 0.117. The zero-order chi connectivity index (χ0) is 15.0. The topological polar surface area (TPSA) is 84.2 Å². The third kappa shape index (κ3) is 2.68. The SMILES string of the molecule is CCNS(=O)(=O)c1ccccc1NC1CC(N)C1(C)C. The van der Waals surface area contributed by atoms with Crippen molar-refractivity contribution in [3.8, 4) is 0 Å². The molecule has 4 N–H and O–H groups in total. The molecule has 112 valence electrons. The number of anilines is 1. The summed E-state index contributed by atoms with van der Waals surface area (Å²) < 4.78 is 26.9. The number of rotatable bonds is 5. The minimum Gasteiger partial charge on any atom is -0.381 e. The quantitative estimate of drug-likeness (QED) is 0.769. The molecule has 6 heteroatoms. The van der Waals surface area contributed by atoms with Crippen LogP contribution in [0, 0.1) is 5.41 Å². The van der Waals surface area contributed by atoms with E-state index in [1.165, 1.54) is 0 Å². The number of hydrogen-bond acceptors (Lipinski definition) is 4. The molecule has 0 radical (unpaired) electrons. The third-order valence-electron chi connectivity index (χ3n) is 4.18. The van der Waals surface area contributed by atoms with Crippen LogP contribution in [0.1, 0.15) is 27.2 Å². The fourth-order valence-electron chi connectivity index (χ4n) is 2.48. The van der Waals surface area contributed by atoms with Gasteiger partial charge in [0.25, 0.3) is 0 Å². The van der Waals surface area contributed by atoms with Gasteiger partial charge in [0.1, 0.15) is 4.90 Å². The molecule has 20 heavy (non-hydrogen) atoms. The Morgan fingerprint density at radius 2 is 2.00 bits per heavy atom. The van der Waals surface area contributed by atoms with Crippen LogP contribution in [0.25, 0.3) is 0 Å². The Kier molecular flexibility index (Phi) is 4.09. The molecule has 1 aliphatic rings. The highest BCUT2D eigenvalue weighted by molar-refractivity contribution is 7.89. The predicted octanol–water partition coefficient (Wildman–Crippen LogP) is 1.52. The molecule has 0 aliphatic heterocycles. The van der Waals surface area contributed by atoms with Gasteiger partial charge in [-0.1, -0.05) is 32.9 Å². The molecule has 2 unspecified atom stereocenters. The van der Waals surface area contributed by atoms with Gasteiger partial charge in [0.05, 0.1) is 5.69 Å². The summed E-state index contributed by atoms with van der Waals surface area (Å²) in [6.07, 6.45) is 0.850. The second-order valence-corrected chi connectivity index (χ2v) is 7.59. The van der Waals surface area contributed by atoms with Crippen molar-refractivity contribution in [2.75, 3.05) is 11.9 Å². The molecule has 0 saturated heterocycles. The lowest BCUT2D eigenvalue weighted by Crippen LogP contribution is -2.61. The minimum atomic E-state index is -3.47. The average molecular weight is 297 g/mol. The van der Waals surface area contributed by atoms with E-state index >= 15 is 0 Å². The molecule has 1 aliphatic carbocycles. The van der Waals surface area contributed by atoms with Gasteiger partial charge in [-0.15, -0.1) is 0 Å². The molecule has 5 nitrogen and oxygen atoms in total. The molecule has 0 bridgehead atoms. The Hall–Kier alpha value is -1.11. The van der Waals surface area contributed by atoms with E-state index in [1.54, 1.807) is 25.1 Å². The maximum Gasteiger partial charge on any atom is 0.242 e. The monoisotopic (exact) mass is 297 g/mol. The minimum absolute atomic E-state index is 0.0327. The van der Waals surface area contributed by atoms with Gasteiger partial charge >= 0.3 is 0 Å². The highest BCUT2D eigenvalue weighted by Crippen LogP contribution is 2.41. The van der Waals surface area contributed by atoms with Crippen LogP contribution in [-0.2, 0) is 10.0 Å². The van der Waals surface area contributed by atoms with Gasteiger partial charge in [-0.25, -0.2) is 13.1 Å². The van der Waals surface area contributed by atoms with Gasteiger partial charge in [0.15, 0.2) is 0 Å². The van der Waals surface area contributed by atoms with Gasteiger partial charge in [0.2, 0.25) is 10.0 Å². The molecule has 1 aromatic rings. The summed E-state index contributed by atoms with van der Waals surface area (Å²) in [6.45, 7) is 6.33. The summed E-state index contributed by atoms with van der Waals surface area (Å²) in [6, 6.07) is 7.31. The van der Waals surface area contributed by atoms with Crippen molar-refractivity contribution < 1.29 is 8.42 Å². The Labute approximate surface area is 121 Å². The van der Waals surface area contributed by atoms with Crippen molar-refractivity contribution >= 4 is 15.7 Å². The zero-order valence-corrected chi connectivity index (χ0v) is 13.0.